The molecule has 0 saturated heterocycles. The molecule has 0 bridgehead atoms. The average molecular weight is 368 g/mol. The van der Waals surface area contributed by atoms with E-state index in [2.05, 4.69) is 52.7 Å². The standard InChI is InChI=1S/C18H17N5S2/c1-12-6-5-7-15(13(12)2)20-17-21-22-18(25-17)24-11-14-10-23-9-4-3-8-16(23)19-14/h3-10H,11H2,1-2H3,(H,20,21). The quantitative estimate of drug-likeness (QED) is 0.512. The fourth-order valence-electron chi connectivity index (χ4n) is 2.51. The summed E-state index contributed by atoms with van der Waals surface area (Å²) in [4.78, 5) is 4.61. The van der Waals surface area contributed by atoms with Crippen LogP contribution in [0.5, 0.6) is 0 Å². The number of aromatic nitrogens is 4. The molecule has 0 amide bonds. The highest BCUT2D eigenvalue weighted by atomic mass is 32.2. The second-order valence-electron chi connectivity index (χ2n) is 5.73. The van der Waals surface area contributed by atoms with E-state index in [1.807, 2.05) is 34.9 Å². The van der Waals surface area contributed by atoms with Gasteiger partial charge >= 0.3 is 0 Å². The van der Waals surface area contributed by atoms with E-state index >= 15 is 0 Å². The summed E-state index contributed by atoms with van der Waals surface area (Å²) in [7, 11) is 0. The van der Waals surface area contributed by atoms with Gasteiger partial charge in [0.05, 0.1) is 5.69 Å². The molecule has 126 valence electrons. The molecular formula is C18H17N5S2. The number of benzene rings is 1. The van der Waals surface area contributed by atoms with E-state index in [4.69, 9.17) is 0 Å². The van der Waals surface area contributed by atoms with Gasteiger partial charge in [0.25, 0.3) is 0 Å². The van der Waals surface area contributed by atoms with E-state index in [0.717, 1.165) is 32.3 Å². The number of hydrogen-bond donors (Lipinski definition) is 1. The van der Waals surface area contributed by atoms with Crippen molar-refractivity contribution in [3.63, 3.8) is 0 Å². The molecule has 4 rings (SSSR count). The van der Waals surface area contributed by atoms with Crippen molar-refractivity contribution in [2.45, 2.75) is 23.9 Å². The number of rotatable bonds is 5. The molecule has 1 N–H and O–H groups in total. The maximum Gasteiger partial charge on any atom is 0.210 e. The molecule has 25 heavy (non-hydrogen) atoms. The number of nitrogens with one attached hydrogen (secondary N) is 1. The molecule has 4 aromatic rings. The Balaban J connectivity index is 1.43. The zero-order chi connectivity index (χ0) is 17.2. The Kier molecular flexibility index (Phi) is 4.42. The van der Waals surface area contributed by atoms with Crippen molar-refractivity contribution in [1.82, 2.24) is 19.6 Å². The molecule has 1 aromatic carbocycles. The Hall–Kier alpha value is -2.38. The molecule has 0 aliphatic carbocycles. The third-order valence-electron chi connectivity index (χ3n) is 4.01. The number of fused-ring (bicyclic) bond motifs is 1. The van der Waals surface area contributed by atoms with Gasteiger partial charge in [-0.2, -0.15) is 0 Å². The van der Waals surface area contributed by atoms with Crippen LogP contribution in [0.25, 0.3) is 5.65 Å². The van der Waals surface area contributed by atoms with Gasteiger partial charge in [-0.15, -0.1) is 10.2 Å². The molecule has 3 aromatic heterocycles. The molecule has 0 fully saturated rings. The lowest BCUT2D eigenvalue weighted by molar-refractivity contribution is 1.01. The zero-order valence-corrected chi connectivity index (χ0v) is 15.6. The lowest BCUT2D eigenvalue weighted by Crippen LogP contribution is -1.94. The number of pyridine rings is 1. The molecule has 0 aliphatic rings. The summed E-state index contributed by atoms with van der Waals surface area (Å²) >= 11 is 3.22. The normalized spacial score (nSPS) is 11.1. The predicted molar refractivity (Wildman–Crippen MR) is 104 cm³/mol. The van der Waals surface area contributed by atoms with Gasteiger partial charge in [0.1, 0.15) is 5.65 Å². The van der Waals surface area contributed by atoms with Crippen molar-refractivity contribution < 1.29 is 0 Å². The largest absolute Gasteiger partial charge is 0.330 e. The van der Waals surface area contributed by atoms with Crippen molar-refractivity contribution in [2.24, 2.45) is 0 Å². The van der Waals surface area contributed by atoms with Crippen LogP contribution < -0.4 is 5.32 Å². The van der Waals surface area contributed by atoms with E-state index < -0.39 is 0 Å². The Bertz CT molecular complexity index is 988. The first-order valence-corrected chi connectivity index (χ1v) is 9.71. The Morgan fingerprint density at radius 3 is 2.92 bits per heavy atom. The van der Waals surface area contributed by atoms with Crippen LogP contribution in [0.15, 0.2) is 53.1 Å². The van der Waals surface area contributed by atoms with Crippen molar-refractivity contribution in [3.05, 3.63) is 65.6 Å². The Morgan fingerprint density at radius 2 is 2.04 bits per heavy atom. The summed E-state index contributed by atoms with van der Waals surface area (Å²) in [6.07, 6.45) is 4.06. The minimum Gasteiger partial charge on any atom is -0.330 e. The van der Waals surface area contributed by atoms with E-state index in [1.165, 1.54) is 11.1 Å². The van der Waals surface area contributed by atoms with Gasteiger partial charge < -0.3 is 9.72 Å². The summed E-state index contributed by atoms with van der Waals surface area (Å²) in [5.74, 6) is 0.778. The van der Waals surface area contributed by atoms with Gasteiger partial charge in [-0.25, -0.2) is 4.98 Å². The number of thioether (sulfide) groups is 1. The highest BCUT2D eigenvalue weighted by Crippen LogP contribution is 2.31. The first kappa shape index (κ1) is 16.1. The van der Waals surface area contributed by atoms with E-state index in [0.29, 0.717) is 0 Å². The Morgan fingerprint density at radius 1 is 1.12 bits per heavy atom. The minimum absolute atomic E-state index is 0.778. The second-order valence-corrected chi connectivity index (χ2v) is 7.93. The van der Waals surface area contributed by atoms with Gasteiger partial charge in [0.15, 0.2) is 4.34 Å². The van der Waals surface area contributed by atoms with Gasteiger partial charge in [-0.3, -0.25) is 0 Å². The molecule has 0 saturated carbocycles. The molecule has 0 spiro atoms. The fourth-order valence-corrected chi connectivity index (χ4v) is 4.16. The molecule has 7 heteroatoms. The van der Waals surface area contributed by atoms with Crippen LogP contribution in [0.3, 0.4) is 0 Å². The summed E-state index contributed by atoms with van der Waals surface area (Å²) in [5, 5.41) is 12.7. The van der Waals surface area contributed by atoms with Gasteiger partial charge in [0, 0.05) is 23.8 Å². The van der Waals surface area contributed by atoms with Crippen molar-refractivity contribution in [2.75, 3.05) is 5.32 Å². The van der Waals surface area contributed by atoms with Crippen molar-refractivity contribution in [3.8, 4) is 0 Å². The van der Waals surface area contributed by atoms with Crippen molar-refractivity contribution >= 4 is 39.6 Å². The first-order chi connectivity index (χ1) is 12.2. The molecule has 0 unspecified atom stereocenters. The molecule has 5 nitrogen and oxygen atoms in total. The van der Waals surface area contributed by atoms with Crippen LogP contribution in [0.4, 0.5) is 10.8 Å². The number of aryl methyl sites for hydroxylation is 1. The van der Waals surface area contributed by atoms with E-state index in [1.54, 1.807) is 23.1 Å². The van der Waals surface area contributed by atoms with Gasteiger partial charge in [0.2, 0.25) is 5.13 Å². The summed E-state index contributed by atoms with van der Waals surface area (Å²) in [6, 6.07) is 12.2. The first-order valence-electron chi connectivity index (χ1n) is 7.91. The fraction of sp³-hybridized carbons (Fsp3) is 0.167. The third-order valence-corrected chi connectivity index (χ3v) is 6.02. The summed E-state index contributed by atoms with van der Waals surface area (Å²) in [6.45, 7) is 4.22. The molecular weight excluding hydrogens is 350 g/mol. The Labute approximate surface area is 154 Å². The van der Waals surface area contributed by atoms with Crippen LogP contribution in [0.1, 0.15) is 16.8 Å². The molecule has 0 atom stereocenters. The maximum atomic E-state index is 4.61. The molecule has 3 heterocycles. The summed E-state index contributed by atoms with van der Waals surface area (Å²) in [5.41, 5.74) is 5.57. The van der Waals surface area contributed by atoms with Crippen LogP contribution in [0, 0.1) is 13.8 Å². The third kappa shape index (κ3) is 3.52. The number of imidazole rings is 1. The van der Waals surface area contributed by atoms with Crippen LogP contribution >= 0.6 is 23.1 Å². The second kappa shape index (κ2) is 6.85. The van der Waals surface area contributed by atoms with Crippen molar-refractivity contribution in [1.29, 1.82) is 0 Å². The molecule has 0 radical (unpaired) electrons. The predicted octanol–water partition coefficient (Wildman–Crippen LogP) is 4.84. The van der Waals surface area contributed by atoms with Crippen LogP contribution in [-0.4, -0.2) is 19.6 Å². The lowest BCUT2D eigenvalue weighted by Gasteiger charge is -2.08. The lowest BCUT2D eigenvalue weighted by atomic mass is 10.1. The maximum absolute atomic E-state index is 4.61. The highest BCUT2D eigenvalue weighted by Gasteiger charge is 2.09. The molecule has 0 aliphatic heterocycles. The van der Waals surface area contributed by atoms with Gasteiger partial charge in [-0.05, 0) is 43.2 Å². The topological polar surface area (TPSA) is 55.1 Å². The smallest absolute Gasteiger partial charge is 0.210 e. The van der Waals surface area contributed by atoms with E-state index in [-0.39, 0.29) is 0 Å². The van der Waals surface area contributed by atoms with Crippen LogP contribution in [-0.2, 0) is 5.75 Å². The number of hydrogen-bond acceptors (Lipinski definition) is 6. The average Bonchev–Trinajstić information content (AvgIpc) is 3.23. The highest BCUT2D eigenvalue weighted by molar-refractivity contribution is 8.00. The zero-order valence-electron chi connectivity index (χ0n) is 13.9. The SMILES string of the molecule is Cc1cccc(Nc2nnc(SCc3cn4ccccc4n3)s2)c1C. The van der Waals surface area contributed by atoms with Crippen LogP contribution in [0.2, 0.25) is 0 Å². The van der Waals surface area contributed by atoms with Gasteiger partial charge in [-0.1, -0.05) is 41.3 Å². The number of nitrogens with zero attached hydrogens (tertiary/aromatic N) is 4. The minimum atomic E-state index is 0.778. The monoisotopic (exact) mass is 367 g/mol. The summed E-state index contributed by atoms with van der Waals surface area (Å²) < 4.78 is 2.97. The van der Waals surface area contributed by atoms with E-state index in [9.17, 15) is 0 Å². The number of anilines is 2.